The molecule has 19 nitrogen and oxygen atoms in total. The van der Waals surface area contributed by atoms with Gasteiger partial charge in [-0.3, -0.25) is 19.6 Å². The maximum absolute atomic E-state index is 14.8. The number of phosphoric ester groups is 1. The minimum absolute atomic E-state index is 0.0454. The number of methoxy groups -OCH3 is 2. The van der Waals surface area contributed by atoms with Gasteiger partial charge in [-0.25, -0.2) is 9.59 Å². The molecule has 4 N–H and O–H groups in total. The number of aromatic nitrogens is 2. The second-order valence-corrected chi connectivity index (χ2v) is 16.9. The molecule has 0 spiro atoms. The topological polar surface area (TPSA) is 251 Å². The first-order valence-corrected chi connectivity index (χ1v) is 21.2. The van der Waals surface area contributed by atoms with E-state index in [0.29, 0.717) is 28.2 Å². The van der Waals surface area contributed by atoms with Gasteiger partial charge in [-0.15, -0.1) is 0 Å². The summed E-state index contributed by atoms with van der Waals surface area (Å²) < 4.78 is 50.0. The summed E-state index contributed by atoms with van der Waals surface area (Å²) in [6.45, 7) is 0.477. The number of nitrogens with zero attached hydrogens (tertiary/aromatic N) is 4. The third kappa shape index (κ3) is 8.06. The summed E-state index contributed by atoms with van der Waals surface area (Å²) in [5, 5.41) is 22.7. The largest absolute Gasteiger partial charge is 0.606 e. The molecule has 1 aromatic heterocycles. The number of urea groups is 1. The Morgan fingerprint density at radius 2 is 1.60 bits per heavy atom. The second kappa shape index (κ2) is 17.4. The van der Waals surface area contributed by atoms with E-state index in [4.69, 9.17) is 43.0 Å². The summed E-state index contributed by atoms with van der Waals surface area (Å²) in [5.74, 6) is 0.274. The fourth-order valence-electron chi connectivity index (χ4n) is 8.22. The van der Waals surface area contributed by atoms with E-state index in [1.165, 1.54) is 19.2 Å². The molecule has 9 rings (SSSR count). The van der Waals surface area contributed by atoms with E-state index < -0.39 is 86.6 Å². The lowest BCUT2D eigenvalue weighted by molar-refractivity contribution is -0.270. The van der Waals surface area contributed by atoms with Crippen LogP contribution < -0.4 is 31.1 Å². The van der Waals surface area contributed by atoms with Crippen molar-refractivity contribution in [3.8, 4) is 17.6 Å². The number of carbonyl (C=O) groups excluding carboxylic acids is 2. The third-order valence-corrected chi connectivity index (χ3v) is 12.9. The molecule has 1 unspecified atom stereocenters. The molecule has 3 amide bonds. The first kappa shape index (κ1) is 43.3. The van der Waals surface area contributed by atoms with Crippen LogP contribution in [0.5, 0.6) is 11.5 Å². The normalized spacial score (nSPS) is 29.8. The minimum atomic E-state index is -4.75. The summed E-state index contributed by atoms with van der Waals surface area (Å²) in [4.78, 5) is 61.5. The van der Waals surface area contributed by atoms with Gasteiger partial charge in [-0.2, -0.15) is 23.8 Å². The molecule has 0 saturated carbocycles. The molecule has 5 aliphatic heterocycles. The van der Waals surface area contributed by atoms with Gasteiger partial charge >= 0.3 is 19.9 Å². The molecule has 326 valence electrons. The number of nitriles is 1. The van der Waals surface area contributed by atoms with Crippen molar-refractivity contribution < 1.29 is 56.8 Å². The van der Waals surface area contributed by atoms with Crippen molar-refractivity contribution in [1.82, 2.24) is 19.8 Å². The Balaban J connectivity index is 1.31. The maximum Gasteiger partial charge on any atom is 0.380 e. The molecular weight excluding hydrogens is 827 g/mol. The van der Waals surface area contributed by atoms with Gasteiger partial charge in [0.15, 0.2) is 12.4 Å². The Kier molecular flexibility index (Phi) is 12.2. The van der Waals surface area contributed by atoms with Gasteiger partial charge in [0, 0.05) is 19.0 Å². The van der Waals surface area contributed by atoms with Crippen LogP contribution in [0.1, 0.15) is 60.8 Å². The van der Waals surface area contributed by atoms with Crippen LogP contribution in [0.3, 0.4) is 0 Å². The van der Waals surface area contributed by atoms with Crippen LogP contribution in [-0.4, -0.2) is 95.3 Å². The predicted molar refractivity (Wildman–Crippen MR) is 214 cm³/mol. The van der Waals surface area contributed by atoms with Crippen molar-refractivity contribution in [3.63, 3.8) is 0 Å². The van der Waals surface area contributed by atoms with Gasteiger partial charge in [0.05, 0.1) is 38.5 Å². The van der Waals surface area contributed by atoms with Crippen LogP contribution in [0.15, 0.2) is 95.9 Å². The average molecular weight is 873 g/mol. The smallest absolute Gasteiger partial charge is 0.380 e. The van der Waals surface area contributed by atoms with Crippen molar-refractivity contribution >= 4 is 20.1 Å². The molecule has 0 radical (unpaired) electrons. The Morgan fingerprint density at radius 1 is 0.952 bits per heavy atom. The molecule has 5 aliphatic rings. The molecule has 9 atom stereocenters. The van der Waals surface area contributed by atoms with E-state index in [0.717, 1.165) is 9.47 Å². The van der Waals surface area contributed by atoms with Gasteiger partial charge in [-0.05, 0) is 53.9 Å². The summed E-state index contributed by atoms with van der Waals surface area (Å²) in [5.41, 5.74) is 4.19. The van der Waals surface area contributed by atoms with Crippen molar-refractivity contribution in [2.24, 2.45) is 5.73 Å². The Hall–Kier alpha value is -5.36. The summed E-state index contributed by atoms with van der Waals surface area (Å²) in [6.07, 6.45) is -6.87. The fraction of sp³-hybridized carbons (Fsp3) is 0.405. The number of carbonyl (C=O) groups is 2. The zero-order valence-corrected chi connectivity index (χ0v) is 34.8. The lowest BCUT2D eigenvalue weighted by Crippen LogP contribution is -2.70. The molecule has 0 aliphatic carbocycles. The van der Waals surface area contributed by atoms with Crippen molar-refractivity contribution in [1.29, 1.82) is 5.26 Å². The Morgan fingerprint density at radius 3 is 2.21 bits per heavy atom. The van der Waals surface area contributed by atoms with E-state index in [1.807, 2.05) is 60.7 Å². The monoisotopic (exact) mass is 872 g/mol. The number of rotatable bonds is 10. The van der Waals surface area contributed by atoms with Crippen LogP contribution in [0.25, 0.3) is 0 Å². The van der Waals surface area contributed by atoms with Crippen LogP contribution >= 0.6 is 8.17 Å². The first-order chi connectivity index (χ1) is 29.8. The summed E-state index contributed by atoms with van der Waals surface area (Å²) in [6, 6.07) is 24.5. The fourth-order valence-corrected chi connectivity index (χ4v) is 9.58. The molecule has 3 aromatic carbocycles. The zero-order chi connectivity index (χ0) is 43.8. The number of hydrogen-bond acceptors (Lipinski definition) is 16. The highest BCUT2D eigenvalue weighted by Gasteiger charge is 2.58. The summed E-state index contributed by atoms with van der Waals surface area (Å²) >= 11 is 0. The van der Waals surface area contributed by atoms with Crippen molar-refractivity contribution in [2.75, 3.05) is 27.4 Å². The van der Waals surface area contributed by atoms with Crippen molar-refractivity contribution in [2.45, 2.75) is 80.4 Å². The lowest BCUT2D eigenvalue weighted by Gasteiger charge is -2.46. The first-order valence-electron chi connectivity index (χ1n) is 19.8. The van der Waals surface area contributed by atoms with E-state index >= 15 is 0 Å². The SMILES string of the molecule is COc1ccc(C(O[C@@H]2O[C@@H]3C[C@@H]2O[P+]([O-])(OCCC#N)OC[C@H]2O[C@H](C[C@@H]2O)n2ccc(nc2=O)[C@@H]2N3C(=O)NC(=O)[C@]2(C)N)(c2ccccc2)c2ccc(OC)cc2)cc1. The molecule has 6 bridgehead atoms. The number of nitrogens with one attached hydrogen (secondary N) is 1. The minimum Gasteiger partial charge on any atom is -0.606 e. The quantitative estimate of drug-likeness (QED) is 0.118. The highest BCUT2D eigenvalue weighted by Crippen LogP contribution is 2.58. The number of fused-ring (bicyclic) bond motifs is 5. The number of aliphatic hydroxyl groups excluding tert-OH is 1. The highest BCUT2D eigenvalue weighted by atomic mass is 31.2. The van der Waals surface area contributed by atoms with E-state index in [1.54, 1.807) is 38.5 Å². The number of phosphoric acid groups is 1. The molecule has 4 aromatic rings. The number of amides is 3. The maximum atomic E-state index is 14.8. The predicted octanol–water partition coefficient (Wildman–Crippen LogP) is 2.68. The molecule has 6 heterocycles. The van der Waals surface area contributed by atoms with Crippen LogP contribution in [-0.2, 0) is 38.2 Å². The Bertz CT molecular complexity index is 2320. The molecule has 20 heteroatoms. The number of hydrogen-bond donors (Lipinski definition) is 3. The molecule has 3 fully saturated rings. The number of benzene rings is 3. The number of aliphatic hydroxyl groups is 1. The van der Waals surface area contributed by atoms with E-state index in [9.17, 15) is 29.6 Å². The van der Waals surface area contributed by atoms with Crippen LogP contribution in [0.2, 0.25) is 0 Å². The second-order valence-electron chi connectivity index (χ2n) is 15.3. The third-order valence-electron chi connectivity index (χ3n) is 11.4. The van der Waals surface area contributed by atoms with Gasteiger partial charge in [0.2, 0.25) is 5.91 Å². The van der Waals surface area contributed by atoms with Gasteiger partial charge in [0.25, 0.3) is 0 Å². The van der Waals surface area contributed by atoms with Crippen LogP contribution in [0, 0.1) is 11.3 Å². The average Bonchev–Trinajstić information content (AvgIpc) is 3.84. The van der Waals surface area contributed by atoms with E-state index in [2.05, 4.69) is 10.3 Å². The van der Waals surface area contributed by atoms with E-state index in [-0.39, 0.29) is 31.6 Å². The number of imide groups is 1. The van der Waals surface area contributed by atoms with Gasteiger partial charge in [-0.1, -0.05) is 54.6 Å². The molecule has 3 saturated heterocycles. The van der Waals surface area contributed by atoms with Crippen LogP contribution in [0.4, 0.5) is 4.79 Å². The lowest BCUT2D eigenvalue weighted by atomic mass is 9.80. The Labute approximate surface area is 356 Å². The van der Waals surface area contributed by atoms with Gasteiger partial charge in [0.1, 0.15) is 60.5 Å². The molecular formula is C42H45N6O13P. The standard InChI is InChI=1S/C42H45N6O13P/c1-41(44)36-30-18-20-47(39(51)45-30)34-22-31(49)33(58-34)24-57-62(53,56-21-7-19-43)61-32-23-35(48(36)40(52)46-38(41)50)59-37(32)60-42(25-8-5-4-6-9-25,26-10-14-28(54-2)15-11-26)27-12-16-29(55-3)17-13-27/h4-6,8-18,20,31-37,49H,7,21-24,44H2,1-3H3,(H,46,50,52)/t31-,32-,33+,34+,35+,36-,37-,41+,62?/m0/s1. The zero-order valence-electron chi connectivity index (χ0n) is 33.9. The summed E-state index contributed by atoms with van der Waals surface area (Å²) in [7, 11) is -1.67. The van der Waals surface area contributed by atoms with Gasteiger partial charge < -0.3 is 39.4 Å². The number of nitrogens with two attached hydrogens (primary N) is 1. The molecule has 62 heavy (non-hydrogen) atoms. The highest BCUT2D eigenvalue weighted by molar-refractivity contribution is 7.54. The number of ether oxygens (including phenoxy) is 5. The van der Waals surface area contributed by atoms with Crippen molar-refractivity contribution in [3.05, 3.63) is 124 Å².